The molecule has 0 saturated carbocycles. The average molecular weight is 288 g/mol. The average Bonchev–Trinajstić information content (AvgIpc) is 2.38. The molecule has 0 aliphatic carbocycles. The van der Waals surface area contributed by atoms with E-state index in [1.54, 1.807) is 0 Å². The summed E-state index contributed by atoms with van der Waals surface area (Å²) >= 11 is 0. The number of hydrogen-bond donors (Lipinski definition) is 0. The Labute approximate surface area is 119 Å². The Balaban J connectivity index is 0.00000162. The fourth-order valence-corrected chi connectivity index (χ4v) is 3.30. The molecule has 1 saturated heterocycles. The maximum absolute atomic E-state index is 12.1. The second kappa shape index (κ2) is 7.93. The van der Waals surface area contributed by atoms with E-state index in [1.165, 1.54) is 37.9 Å². The molecule has 2 rings (SSSR count). The number of likely N-dealkylation sites (tertiary alicyclic amines) is 1. The standard InChI is InChI=1S/C14H21NOS.ClH/c1-13-5-7-14(8-6-13)17(16)12-11-15-9-3-2-4-10-15;/h5-8H,2-4,9-12H2,1H3;1H. The molecule has 1 unspecified atom stereocenters. The van der Waals surface area contributed by atoms with Crippen molar-refractivity contribution in [1.29, 1.82) is 0 Å². The second-order valence-corrected chi connectivity index (χ2v) is 6.34. The molecule has 0 aromatic heterocycles. The summed E-state index contributed by atoms with van der Waals surface area (Å²) in [5, 5.41) is 0. The maximum Gasteiger partial charge on any atom is 0.0542 e. The van der Waals surface area contributed by atoms with Crippen LogP contribution in [-0.4, -0.2) is 34.5 Å². The third-order valence-electron chi connectivity index (χ3n) is 3.33. The first-order valence-electron chi connectivity index (χ1n) is 6.43. The third kappa shape index (κ3) is 4.71. The molecule has 4 heteroatoms. The van der Waals surface area contributed by atoms with Gasteiger partial charge in [-0.05, 0) is 45.0 Å². The molecule has 2 nitrogen and oxygen atoms in total. The first-order chi connectivity index (χ1) is 8.25. The summed E-state index contributed by atoms with van der Waals surface area (Å²) in [4.78, 5) is 3.41. The molecule has 102 valence electrons. The number of piperidine rings is 1. The fourth-order valence-electron chi connectivity index (χ4n) is 2.20. The van der Waals surface area contributed by atoms with E-state index in [0.717, 1.165) is 17.2 Å². The van der Waals surface area contributed by atoms with Crippen LogP contribution < -0.4 is 0 Å². The van der Waals surface area contributed by atoms with Crippen molar-refractivity contribution < 1.29 is 4.21 Å². The highest BCUT2D eigenvalue weighted by Crippen LogP contribution is 2.11. The van der Waals surface area contributed by atoms with Crippen molar-refractivity contribution >= 4 is 23.2 Å². The van der Waals surface area contributed by atoms with Gasteiger partial charge in [0.05, 0.1) is 10.8 Å². The van der Waals surface area contributed by atoms with Crippen molar-refractivity contribution in [3.8, 4) is 0 Å². The first-order valence-corrected chi connectivity index (χ1v) is 7.75. The van der Waals surface area contributed by atoms with Crippen LogP contribution in [-0.2, 0) is 10.8 Å². The summed E-state index contributed by atoms with van der Waals surface area (Å²) in [5.74, 6) is 0.767. The number of halogens is 1. The Morgan fingerprint density at radius 3 is 2.33 bits per heavy atom. The summed E-state index contributed by atoms with van der Waals surface area (Å²) < 4.78 is 12.1. The van der Waals surface area contributed by atoms with Crippen LogP contribution >= 0.6 is 12.4 Å². The molecule has 1 aliphatic heterocycles. The molecule has 0 spiro atoms. The van der Waals surface area contributed by atoms with Crippen LogP contribution in [0.1, 0.15) is 24.8 Å². The molecule has 0 radical (unpaired) electrons. The van der Waals surface area contributed by atoms with E-state index in [-0.39, 0.29) is 12.4 Å². The minimum atomic E-state index is -0.835. The zero-order chi connectivity index (χ0) is 12.1. The lowest BCUT2D eigenvalue weighted by atomic mass is 10.1. The highest BCUT2D eigenvalue weighted by atomic mass is 35.5. The van der Waals surface area contributed by atoms with Crippen molar-refractivity contribution in [2.75, 3.05) is 25.4 Å². The summed E-state index contributed by atoms with van der Waals surface area (Å²) in [6, 6.07) is 8.05. The number of aryl methyl sites for hydroxylation is 1. The second-order valence-electron chi connectivity index (χ2n) is 4.76. The van der Waals surface area contributed by atoms with Gasteiger partial charge in [-0.15, -0.1) is 12.4 Å². The maximum atomic E-state index is 12.1. The lowest BCUT2D eigenvalue weighted by Crippen LogP contribution is -2.33. The highest BCUT2D eigenvalue weighted by molar-refractivity contribution is 7.85. The molecular weight excluding hydrogens is 266 g/mol. The quantitative estimate of drug-likeness (QED) is 0.848. The van der Waals surface area contributed by atoms with Crippen LogP contribution in [0, 0.1) is 6.92 Å². The minimum absolute atomic E-state index is 0. The molecule has 0 bridgehead atoms. The zero-order valence-electron chi connectivity index (χ0n) is 10.9. The molecule has 0 amide bonds. The van der Waals surface area contributed by atoms with Gasteiger partial charge in [0.1, 0.15) is 0 Å². The smallest absolute Gasteiger partial charge is 0.0542 e. The molecular formula is C14H22ClNOS. The van der Waals surface area contributed by atoms with Gasteiger partial charge in [0, 0.05) is 17.2 Å². The van der Waals surface area contributed by atoms with Crippen LogP contribution in [0.15, 0.2) is 29.2 Å². The van der Waals surface area contributed by atoms with Crippen molar-refractivity contribution in [2.24, 2.45) is 0 Å². The van der Waals surface area contributed by atoms with Crippen molar-refractivity contribution in [2.45, 2.75) is 31.1 Å². The van der Waals surface area contributed by atoms with Gasteiger partial charge in [-0.2, -0.15) is 0 Å². The Kier molecular flexibility index (Phi) is 6.90. The van der Waals surface area contributed by atoms with E-state index in [2.05, 4.69) is 11.8 Å². The number of nitrogens with zero attached hydrogens (tertiary/aromatic N) is 1. The van der Waals surface area contributed by atoms with Crippen LogP contribution in [0.5, 0.6) is 0 Å². The van der Waals surface area contributed by atoms with Crippen molar-refractivity contribution in [3.05, 3.63) is 29.8 Å². The minimum Gasteiger partial charge on any atom is -0.302 e. The lowest BCUT2D eigenvalue weighted by Gasteiger charge is -2.25. The number of rotatable bonds is 4. The molecule has 1 aromatic rings. The van der Waals surface area contributed by atoms with Gasteiger partial charge in [0.15, 0.2) is 0 Å². The molecule has 1 fully saturated rings. The van der Waals surface area contributed by atoms with Gasteiger partial charge in [-0.3, -0.25) is 4.21 Å². The molecule has 1 atom stereocenters. The molecule has 18 heavy (non-hydrogen) atoms. The topological polar surface area (TPSA) is 20.3 Å². The van der Waals surface area contributed by atoms with E-state index < -0.39 is 10.8 Å². The van der Waals surface area contributed by atoms with E-state index in [4.69, 9.17) is 0 Å². The van der Waals surface area contributed by atoms with E-state index in [1.807, 2.05) is 24.3 Å². The van der Waals surface area contributed by atoms with Gasteiger partial charge in [0.25, 0.3) is 0 Å². The molecule has 1 heterocycles. The van der Waals surface area contributed by atoms with Crippen molar-refractivity contribution in [3.63, 3.8) is 0 Å². The largest absolute Gasteiger partial charge is 0.302 e. The van der Waals surface area contributed by atoms with Crippen LogP contribution in [0.4, 0.5) is 0 Å². The van der Waals surface area contributed by atoms with E-state index in [0.29, 0.717) is 0 Å². The van der Waals surface area contributed by atoms with Crippen LogP contribution in [0.2, 0.25) is 0 Å². The Hall–Kier alpha value is -0.380. The predicted molar refractivity (Wildman–Crippen MR) is 80.0 cm³/mol. The molecule has 1 aromatic carbocycles. The highest BCUT2D eigenvalue weighted by Gasteiger charge is 2.11. The lowest BCUT2D eigenvalue weighted by molar-refractivity contribution is 0.241. The molecule has 1 aliphatic rings. The van der Waals surface area contributed by atoms with Gasteiger partial charge in [-0.25, -0.2) is 0 Å². The third-order valence-corrected chi connectivity index (χ3v) is 4.68. The summed E-state index contributed by atoms with van der Waals surface area (Å²) in [5.41, 5.74) is 1.22. The SMILES string of the molecule is Cc1ccc(S(=O)CCN2CCCCC2)cc1.Cl. The van der Waals surface area contributed by atoms with Gasteiger partial charge in [-0.1, -0.05) is 24.1 Å². The van der Waals surface area contributed by atoms with Crippen LogP contribution in [0.25, 0.3) is 0 Å². The fraction of sp³-hybridized carbons (Fsp3) is 0.571. The van der Waals surface area contributed by atoms with E-state index in [9.17, 15) is 4.21 Å². The number of benzene rings is 1. The van der Waals surface area contributed by atoms with E-state index >= 15 is 0 Å². The first kappa shape index (κ1) is 15.7. The normalized spacial score (nSPS) is 18.1. The Morgan fingerprint density at radius 2 is 1.72 bits per heavy atom. The van der Waals surface area contributed by atoms with Crippen molar-refractivity contribution in [1.82, 2.24) is 4.90 Å². The van der Waals surface area contributed by atoms with Crippen LogP contribution in [0.3, 0.4) is 0 Å². The summed E-state index contributed by atoms with van der Waals surface area (Å²) in [6.45, 7) is 5.40. The van der Waals surface area contributed by atoms with Gasteiger partial charge in [0.2, 0.25) is 0 Å². The summed E-state index contributed by atoms with van der Waals surface area (Å²) in [7, 11) is -0.835. The Morgan fingerprint density at radius 1 is 1.11 bits per heavy atom. The summed E-state index contributed by atoms with van der Waals surface area (Å²) in [6.07, 6.45) is 3.96. The zero-order valence-corrected chi connectivity index (χ0v) is 12.6. The van der Waals surface area contributed by atoms with Gasteiger partial charge >= 0.3 is 0 Å². The monoisotopic (exact) mass is 287 g/mol. The Bertz CT molecular complexity index is 374. The van der Waals surface area contributed by atoms with Gasteiger partial charge < -0.3 is 4.90 Å². The molecule has 0 N–H and O–H groups in total. The predicted octanol–water partition coefficient (Wildman–Crippen LogP) is 3.01. The number of hydrogen-bond acceptors (Lipinski definition) is 2.